The standard InChI is InChI=1S/C26H45N5O4S/c1-8-9-10-11-12-14-20(36(34,35)31-30-27)15-13-16-28-24(33)29-19-17-21(25(2,3)4)23(32)22(18-19)26(5,6)7/h17-18,20,32H,8-16H2,1-7H3,(H2,28,29,33). The quantitative estimate of drug-likeness (QED) is 0.0821. The Kier molecular flexibility index (Phi) is 12.1. The maximum atomic E-state index is 12.6. The number of nitrogens with zero attached hydrogens (tertiary/aromatic N) is 3. The van der Waals surface area contributed by atoms with Crippen LogP contribution in [0.25, 0.3) is 10.4 Å². The number of carbonyl (C=O) groups is 1. The van der Waals surface area contributed by atoms with Gasteiger partial charge in [-0.05, 0) is 47.8 Å². The smallest absolute Gasteiger partial charge is 0.319 e. The fourth-order valence-corrected chi connectivity index (χ4v) is 5.26. The molecule has 0 heterocycles. The molecule has 204 valence electrons. The van der Waals surface area contributed by atoms with Crippen LogP contribution in [0.5, 0.6) is 5.75 Å². The molecule has 9 nitrogen and oxygen atoms in total. The molecule has 1 aromatic rings. The van der Waals surface area contributed by atoms with Crippen LogP contribution < -0.4 is 10.6 Å². The fourth-order valence-electron chi connectivity index (χ4n) is 4.09. The van der Waals surface area contributed by atoms with Crippen LogP contribution in [-0.4, -0.2) is 31.4 Å². The summed E-state index contributed by atoms with van der Waals surface area (Å²) in [5, 5.41) is 15.7. The summed E-state index contributed by atoms with van der Waals surface area (Å²) in [5.41, 5.74) is 10.1. The molecule has 0 spiro atoms. The number of phenolic OH excluding ortho intramolecular Hbond substituents is 1. The largest absolute Gasteiger partial charge is 0.507 e. The first-order valence-electron chi connectivity index (χ1n) is 12.9. The van der Waals surface area contributed by atoms with Gasteiger partial charge in [0.25, 0.3) is 0 Å². The molecule has 0 fully saturated rings. The lowest BCUT2D eigenvalue weighted by atomic mass is 9.79. The van der Waals surface area contributed by atoms with Crippen LogP contribution in [-0.2, 0) is 20.9 Å². The van der Waals surface area contributed by atoms with Crippen LogP contribution in [0.2, 0.25) is 0 Å². The lowest BCUT2D eigenvalue weighted by Gasteiger charge is -2.28. The van der Waals surface area contributed by atoms with Crippen molar-refractivity contribution in [3.05, 3.63) is 33.7 Å². The molecule has 3 N–H and O–H groups in total. The molecule has 0 bridgehead atoms. The number of amides is 2. The monoisotopic (exact) mass is 523 g/mol. The summed E-state index contributed by atoms with van der Waals surface area (Å²) in [6.07, 6.45) is 6.14. The maximum Gasteiger partial charge on any atom is 0.319 e. The molecule has 10 heteroatoms. The Bertz CT molecular complexity index is 985. The zero-order chi connectivity index (χ0) is 27.6. The van der Waals surface area contributed by atoms with Gasteiger partial charge in [0.15, 0.2) is 0 Å². The fraction of sp³-hybridized carbons (Fsp3) is 0.731. The van der Waals surface area contributed by atoms with Crippen molar-refractivity contribution in [1.29, 1.82) is 0 Å². The molecule has 0 aliphatic rings. The van der Waals surface area contributed by atoms with E-state index in [0.29, 0.717) is 24.9 Å². The van der Waals surface area contributed by atoms with Gasteiger partial charge in [-0.3, -0.25) is 0 Å². The minimum Gasteiger partial charge on any atom is -0.507 e. The van der Waals surface area contributed by atoms with Crippen molar-refractivity contribution >= 4 is 21.7 Å². The lowest BCUT2D eigenvalue weighted by Crippen LogP contribution is -2.31. The lowest BCUT2D eigenvalue weighted by molar-refractivity contribution is 0.252. The topological polar surface area (TPSA) is 144 Å². The Morgan fingerprint density at radius 3 is 2.03 bits per heavy atom. The Balaban J connectivity index is 2.80. The van der Waals surface area contributed by atoms with Crippen molar-refractivity contribution in [2.75, 3.05) is 11.9 Å². The van der Waals surface area contributed by atoms with E-state index in [1.807, 2.05) is 41.5 Å². The highest BCUT2D eigenvalue weighted by Crippen LogP contribution is 2.41. The summed E-state index contributed by atoms with van der Waals surface area (Å²) in [6, 6.07) is 3.16. The van der Waals surface area contributed by atoms with Crippen LogP contribution >= 0.6 is 0 Å². The zero-order valence-corrected chi connectivity index (χ0v) is 23.8. The summed E-state index contributed by atoms with van der Waals surface area (Å²) in [4.78, 5) is 15.0. The van der Waals surface area contributed by atoms with Gasteiger partial charge in [-0.2, -0.15) is 0 Å². The van der Waals surface area contributed by atoms with Crippen molar-refractivity contribution in [2.45, 2.75) is 116 Å². The number of phenols is 1. The van der Waals surface area contributed by atoms with Gasteiger partial charge < -0.3 is 15.7 Å². The molecule has 0 aliphatic heterocycles. The van der Waals surface area contributed by atoms with Gasteiger partial charge in [-0.15, -0.1) is 0 Å². The van der Waals surface area contributed by atoms with Crippen LogP contribution in [0, 0.1) is 0 Å². The molecule has 1 unspecified atom stereocenters. The molecule has 1 aromatic carbocycles. The molecule has 36 heavy (non-hydrogen) atoms. The van der Waals surface area contributed by atoms with E-state index in [2.05, 4.69) is 27.0 Å². The number of azide groups is 1. The zero-order valence-electron chi connectivity index (χ0n) is 23.0. The predicted octanol–water partition coefficient (Wildman–Crippen LogP) is 7.26. The first kappa shape index (κ1) is 31.6. The summed E-state index contributed by atoms with van der Waals surface area (Å²) in [5.74, 6) is 0.239. The van der Waals surface area contributed by atoms with Gasteiger partial charge in [-0.25, -0.2) is 13.2 Å². The number of aromatic hydroxyl groups is 1. The van der Waals surface area contributed by atoms with Gasteiger partial charge >= 0.3 is 6.03 Å². The number of carbonyl (C=O) groups excluding carboxylic acids is 1. The minimum atomic E-state index is -3.90. The number of urea groups is 1. The van der Waals surface area contributed by atoms with E-state index in [9.17, 15) is 18.3 Å². The van der Waals surface area contributed by atoms with Gasteiger partial charge in [0.2, 0.25) is 10.0 Å². The highest BCUT2D eigenvalue weighted by atomic mass is 32.2. The molecule has 0 aromatic heterocycles. The molecule has 0 saturated carbocycles. The Morgan fingerprint density at radius 2 is 1.53 bits per heavy atom. The second kappa shape index (κ2) is 13.7. The second-order valence-corrected chi connectivity index (χ2v) is 13.3. The minimum absolute atomic E-state index is 0.239. The van der Waals surface area contributed by atoms with Gasteiger partial charge in [0.1, 0.15) is 5.75 Å². The van der Waals surface area contributed by atoms with Crippen molar-refractivity contribution in [2.24, 2.45) is 4.52 Å². The van der Waals surface area contributed by atoms with E-state index >= 15 is 0 Å². The van der Waals surface area contributed by atoms with Crippen LogP contribution in [0.1, 0.15) is 111 Å². The third kappa shape index (κ3) is 10.3. The molecule has 0 aliphatic carbocycles. The van der Waals surface area contributed by atoms with Crippen LogP contribution in [0.3, 0.4) is 0 Å². The Hall–Kier alpha value is -2.45. The summed E-state index contributed by atoms with van der Waals surface area (Å²) >= 11 is 0. The highest BCUT2D eigenvalue weighted by molar-refractivity contribution is 7.90. The average Bonchev–Trinajstić information content (AvgIpc) is 2.74. The van der Waals surface area contributed by atoms with Gasteiger partial charge in [0.05, 0.1) is 5.25 Å². The highest BCUT2D eigenvalue weighted by Gasteiger charge is 2.27. The van der Waals surface area contributed by atoms with Crippen molar-refractivity contribution in [3.8, 4) is 5.75 Å². The van der Waals surface area contributed by atoms with E-state index in [-0.39, 0.29) is 23.1 Å². The third-order valence-electron chi connectivity index (χ3n) is 6.17. The number of nitrogens with one attached hydrogen (secondary N) is 2. The Morgan fingerprint density at radius 1 is 1.00 bits per heavy atom. The normalized spacial score (nSPS) is 13.1. The number of unbranched alkanes of at least 4 members (excludes halogenated alkanes) is 4. The van der Waals surface area contributed by atoms with E-state index in [1.54, 1.807) is 12.1 Å². The van der Waals surface area contributed by atoms with E-state index in [1.165, 1.54) is 0 Å². The van der Waals surface area contributed by atoms with Crippen LogP contribution in [0.4, 0.5) is 10.5 Å². The van der Waals surface area contributed by atoms with E-state index in [0.717, 1.165) is 43.2 Å². The molecular formula is C26H45N5O4S. The van der Waals surface area contributed by atoms with E-state index < -0.39 is 21.3 Å². The summed E-state index contributed by atoms with van der Waals surface area (Å²) in [6.45, 7) is 14.4. The predicted molar refractivity (Wildman–Crippen MR) is 147 cm³/mol. The van der Waals surface area contributed by atoms with Crippen molar-refractivity contribution < 1.29 is 18.3 Å². The second-order valence-electron chi connectivity index (χ2n) is 11.5. The summed E-state index contributed by atoms with van der Waals surface area (Å²) in [7, 11) is -3.90. The van der Waals surface area contributed by atoms with Crippen LogP contribution in [0.15, 0.2) is 16.7 Å². The molecule has 1 atom stereocenters. The number of benzene rings is 1. The number of hydrogen-bond acceptors (Lipinski definition) is 4. The van der Waals surface area contributed by atoms with Gasteiger partial charge in [0, 0.05) is 32.8 Å². The number of rotatable bonds is 13. The van der Waals surface area contributed by atoms with Crippen molar-refractivity contribution in [1.82, 2.24) is 5.32 Å². The molecule has 0 saturated heterocycles. The first-order chi connectivity index (χ1) is 16.6. The molecule has 2 amide bonds. The number of anilines is 1. The van der Waals surface area contributed by atoms with Crippen molar-refractivity contribution in [3.63, 3.8) is 0 Å². The molecule has 1 rings (SSSR count). The average molecular weight is 524 g/mol. The maximum absolute atomic E-state index is 12.6. The third-order valence-corrected chi connectivity index (χ3v) is 7.79. The molecular weight excluding hydrogens is 478 g/mol. The van der Waals surface area contributed by atoms with Gasteiger partial charge in [-0.1, -0.05) is 80.6 Å². The first-order valence-corrected chi connectivity index (χ1v) is 14.4. The molecule has 0 radical (unpaired) electrons. The summed E-state index contributed by atoms with van der Waals surface area (Å²) < 4.78 is 27.7. The number of sulfonamides is 1. The SMILES string of the molecule is CCCCCCCC(CCCNC(=O)Nc1cc(C(C)(C)C)c(O)c(C(C)(C)C)c1)S(=O)(=O)N=[N+]=[N-]. The number of hydrogen-bond donors (Lipinski definition) is 3. The van der Waals surface area contributed by atoms with E-state index in [4.69, 9.17) is 5.53 Å². The Labute approximate surface area is 217 Å².